The van der Waals surface area contributed by atoms with Gasteiger partial charge in [-0.1, -0.05) is 0 Å². The molecular weight excluding hydrogens is 256 g/mol. The van der Waals surface area contributed by atoms with Gasteiger partial charge in [0.15, 0.2) is 6.61 Å². The molecule has 0 heterocycles. The Bertz CT molecular complexity index is 261. The van der Waals surface area contributed by atoms with Crippen LogP contribution in [0.1, 0.15) is 13.8 Å². The summed E-state index contributed by atoms with van der Waals surface area (Å²) in [4.78, 5) is 32.1. The normalized spacial score (nSPS) is 13.0. The third-order valence-electron chi connectivity index (χ3n) is 1.23. The zero-order valence-electron chi connectivity index (χ0n) is 8.80. The quantitative estimate of drug-likeness (QED) is 0.357. The number of esters is 3. The molecule has 16 heavy (non-hydrogen) atoms. The van der Waals surface area contributed by atoms with Gasteiger partial charge in [-0.2, -0.15) is 0 Å². The number of aliphatic hydroxyl groups excluding tert-OH is 2. The van der Waals surface area contributed by atoms with E-state index in [1.54, 1.807) is 0 Å². The van der Waals surface area contributed by atoms with Gasteiger partial charge in [-0.05, 0) is 13.8 Å². The van der Waals surface area contributed by atoms with Crippen molar-refractivity contribution in [3.63, 3.8) is 0 Å². The molecule has 0 aromatic heterocycles. The van der Waals surface area contributed by atoms with Crippen LogP contribution in [0.2, 0.25) is 0 Å². The van der Waals surface area contributed by atoms with Crippen molar-refractivity contribution in [1.82, 2.24) is 0 Å². The number of hydrogen-bond acceptors (Lipinski definition) is 7. The summed E-state index contributed by atoms with van der Waals surface area (Å²) in [5.74, 6) is -3.25. The Hall–Kier alpha value is -0.756. The van der Waals surface area contributed by atoms with Crippen molar-refractivity contribution < 1.29 is 55.8 Å². The Labute approximate surface area is 107 Å². The zero-order valence-corrected chi connectivity index (χ0v) is 10.4. The van der Waals surface area contributed by atoms with Crippen LogP contribution in [0.15, 0.2) is 0 Å². The Morgan fingerprint density at radius 3 is 1.88 bits per heavy atom. The number of rotatable bonds is 4. The SMILES string of the molecule is CC(O)C(=O)OCC(=O)OC(=O)C(C)O.[Ti]. The molecule has 2 unspecified atom stereocenters. The van der Waals surface area contributed by atoms with E-state index in [0.29, 0.717) is 0 Å². The van der Waals surface area contributed by atoms with Gasteiger partial charge in [-0.25, -0.2) is 14.4 Å². The predicted molar refractivity (Wildman–Crippen MR) is 45.4 cm³/mol. The Kier molecular flexibility index (Phi) is 9.26. The molecule has 0 saturated carbocycles. The van der Waals surface area contributed by atoms with Crippen molar-refractivity contribution in [3.05, 3.63) is 0 Å². The number of aliphatic hydroxyl groups is 2. The van der Waals surface area contributed by atoms with Gasteiger partial charge in [-0.15, -0.1) is 0 Å². The molecular formula is C8H12O7Ti. The van der Waals surface area contributed by atoms with Crippen molar-refractivity contribution in [2.75, 3.05) is 6.61 Å². The van der Waals surface area contributed by atoms with Gasteiger partial charge in [0, 0.05) is 21.7 Å². The van der Waals surface area contributed by atoms with Crippen LogP contribution >= 0.6 is 0 Å². The molecule has 0 bridgehead atoms. The average Bonchev–Trinajstić information content (AvgIpc) is 2.13. The zero-order chi connectivity index (χ0) is 12.0. The summed E-state index contributed by atoms with van der Waals surface area (Å²) in [6, 6.07) is 0. The fourth-order valence-corrected chi connectivity index (χ4v) is 0.478. The first-order valence-corrected chi connectivity index (χ1v) is 4.12. The van der Waals surface area contributed by atoms with E-state index in [2.05, 4.69) is 9.47 Å². The minimum absolute atomic E-state index is 0. The maximum atomic E-state index is 10.8. The van der Waals surface area contributed by atoms with Crippen LogP contribution in [0.3, 0.4) is 0 Å². The number of carbonyl (C=O) groups excluding carboxylic acids is 3. The number of carbonyl (C=O) groups is 3. The maximum Gasteiger partial charge on any atom is 0.351 e. The summed E-state index contributed by atoms with van der Waals surface area (Å²) in [6.45, 7) is 1.49. The van der Waals surface area contributed by atoms with E-state index in [1.807, 2.05) is 0 Å². The third-order valence-corrected chi connectivity index (χ3v) is 1.23. The first-order valence-electron chi connectivity index (χ1n) is 4.12. The van der Waals surface area contributed by atoms with Gasteiger partial charge in [0.2, 0.25) is 0 Å². The largest absolute Gasteiger partial charge is 0.452 e. The Morgan fingerprint density at radius 2 is 1.50 bits per heavy atom. The van der Waals surface area contributed by atoms with Crippen molar-refractivity contribution in [3.8, 4) is 0 Å². The molecule has 0 aliphatic rings. The molecule has 0 rings (SSSR count). The average molecular weight is 268 g/mol. The Balaban J connectivity index is 0. The summed E-state index contributed by atoms with van der Waals surface area (Å²) in [5.41, 5.74) is 0. The van der Waals surface area contributed by atoms with Crippen molar-refractivity contribution >= 4 is 17.9 Å². The molecule has 0 saturated heterocycles. The smallest absolute Gasteiger partial charge is 0.351 e. The topological polar surface area (TPSA) is 110 Å². The summed E-state index contributed by atoms with van der Waals surface area (Å²) < 4.78 is 8.30. The predicted octanol–water partition coefficient (Wildman–Crippen LogP) is -1.64. The molecule has 0 aliphatic heterocycles. The van der Waals surface area contributed by atoms with E-state index in [9.17, 15) is 14.4 Å². The molecule has 2 atom stereocenters. The van der Waals surface area contributed by atoms with E-state index in [1.165, 1.54) is 0 Å². The fraction of sp³-hybridized carbons (Fsp3) is 0.625. The van der Waals surface area contributed by atoms with Crippen molar-refractivity contribution in [2.45, 2.75) is 26.1 Å². The van der Waals surface area contributed by atoms with E-state index < -0.39 is 36.7 Å². The molecule has 2 N–H and O–H groups in total. The van der Waals surface area contributed by atoms with Crippen molar-refractivity contribution in [1.29, 1.82) is 0 Å². The minimum atomic E-state index is -1.43. The Morgan fingerprint density at radius 1 is 1.06 bits per heavy atom. The van der Waals surface area contributed by atoms with Gasteiger partial charge in [-0.3, -0.25) is 0 Å². The molecule has 0 aromatic rings. The molecule has 7 nitrogen and oxygen atoms in total. The van der Waals surface area contributed by atoms with Crippen molar-refractivity contribution in [2.24, 2.45) is 0 Å². The number of ether oxygens (including phenoxy) is 2. The molecule has 0 amide bonds. The molecule has 0 radical (unpaired) electrons. The van der Waals surface area contributed by atoms with E-state index in [-0.39, 0.29) is 21.7 Å². The van der Waals surface area contributed by atoms with Crippen LogP contribution in [0.5, 0.6) is 0 Å². The van der Waals surface area contributed by atoms with Crippen LogP contribution in [-0.2, 0) is 45.6 Å². The first-order chi connectivity index (χ1) is 6.84. The summed E-state index contributed by atoms with van der Waals surface area (Å²) in [6.07, 6.45) is -2.79. The van der Waals surface area contributed by atoms with E-state index in [4.69, 9.17) is 10.2 Å². The fourth-order valence-electron chi connectivity index (χ4n) is 0.478. The monoisotopic (exact) mass is 268 g/mol. The summed E-state index contributed by atoms with van der Waals surface area (Å²) in [7, 11) is 0. The molecule has 0 aromatic carbocycles. The second-order valence-corrected chi connectivity index (χ2v) is 2.75. The van der Waals surface area contributed by atoms with Crippen LogP contribution in [0.4, 0.5) is 0 Å². The van der Waals surface area contributed by atoms with Crippen LogP contribution < -0.4 is 0 Å². The maximum absolute atomic E-state index is 10.8. The van der Waals surface area contributed by atoms with Gasteiger partial charge >= 0.3 is 17.9 Å². The first kappa shape index (κ1) is 17.6. The van der Waals surface area contributed by atoms with Gasteiger partial charge in [0.05, 0.1) is 0 Å². The molecule has 0 aliphatic carbocycles. The second-order valence-electron chi connectivity index (χ2n) is 2.75. The van der Waals surface area contributed by atoms with Gasteiger partial charge in [0.1, 0.15) is 12.2 Å². The minimum Gasteiger partial charge on any atom is -0.452 e. The van der Waals surface area contributed by atoms with Gasteiger partial charge in [0.25, 0.3) is 0 Å². The molecule has 0 fully saturated rings. The standard InChI is InChI=1S/C8H12O7.Ti/c1-4(9)7(12)14-3-6(11)15-8(13)5(2)10;/h4-5,9-10H,3H2,1-2H3;. The van der Waals surface area contributed by atoms with E-state index >= 15 is 0 Å². The third kappa shape index (κ3) is 7.52. The van der Waals surface area contributed by atoms with Crippen LogP contribution in [-0.4, -0.2) is 46.9 Å². The number of hydrogen-bond donors (Lipinski definition) is 2. The van der Waals surface area contributed by atoms with Gasteiger partial charge < -0.3 is 19.7 Å². The van der Waals surface area contributed by atoms with Crippen LogP contribution in [0, 0.1) is 0 Å². The molecule has 90 valence electrons. The van der Waals surface area contributed by atoms with E-state index in [0.717, 1.165) is 13.8 Å². The van der Waals surface area contributed by atoms with Crippen LogP contribution in [0.25, 0.3) is 0 Å². The second kappa shape index (κ2) is 8.40. The molecule has 0 spiro atoms. The summed E-state index contributed by atoms with van der Waals surface area (Å²) >= 11 is 0. The summed E-state index contributed by atoms with van der Waals surface area (Å²) in [5, 5.41) is 17.3. The molecule has 8 heteroatoms.